The maximum absolute atomic E-state index is 10.9. The summed E-state index contributed by atoms with van der Waals surface area (Å²) in [7, 11) is 2.42. The minimum absolute atomic E-state index is 0.106. The molecule has 84 valence electrons. The third-order valence-electron chi connectivity index (χ3n) is 1.18. The van der Waals surface area contributed by atoms with E-state index >= 15 is 0 Å². The van der Waals surface area contributed by atoms with Crippen LogP contribution in [-0.4, -0.2) is 23.5 Å². The number of carbonyl (C=O) groups is 1. The lowest BCUT2D eigenvalue weighted by molar-refractivity contribution is -0.124. The molecule has 1 amide bonds. The Morgan fingerprint density at radius 2 is 1.64 bits per heavy atom. The fraction of sp³-hybridized carbons (Fsp3) is 0.545. The molecule has 1 unspecified atom stereocenters. The molecule has 0 bridgehead atoms. The molecular formula is C11H24NOP. The second kappa shape index (κ2) is 14.9. The van der Waals surface area contributed by atoms with E-state index in [9.17, 15) is 4.79 Å². The monoisotopic (exact) mass is 217 g/mol. The summed E-state index contributed by atoms with van der Waals surface area (Å²) < 4.78 is 0. The molecule has 0 saturated heterocycles. The number of hydrogen-bond acceptors (Lipinski definition) is 1. The predicted molar refractivity (Wildman–Crippen MR) is 69.4 cm³/mol. The zero-order valence-corrected chi connectivity index (χ0v) is 11.2. The lowest BCUT2D eigenvalue weighted by Crippen LogP contribution is -2.30. The van der Waals surface area contributed by atoms with Crippen LogP contribution in [0.25, 0.3) is 0 Å². The number of carbonyl (C=O) groups excluding carboxylic acids is 1. The zero-order chi connectivity index (χ0) is 12.1. The summed E-state index contributed by atoms with van der Waals surface area (Å²) in [6.45, 7) is 16.6. The second-order valence-corrected chi connectivity index (χ2v) is 2.23. The first-order valence-corrected chi connectivity index (χ1v) is 5.94. The lowest BCUT2D eigenvalue weighted by Gasteiger charge is -2.19. The number of nitrogens with zero attached hydrogens (tertiary/aromatic N) is 1. The highest BCUT2D eigenvalue weighted by molar-refractivity contribution is 7.15. The van der Waals surface area contributed by atoms with Gasteiger partial charge in [0, 0.05) is 12.2 Å². The Balaban J connectivity index is -0.000000266. The van der Waals surface area contributed by atoms with Crippen molar-refractivity contribution in [3.8, 4) is 0 Å². The van der Waals surface area contributed by atoms with Crippen LogP contribution in [0.4, 0.5) is 0 Å². The standard InChI is InChI=1S/C8H13NO.C2H6.CH5P/c1-5-8(10)9(6-2)7(3)4;2*1-2/h5-7H,1-2H2,3-4H3;1-2H3;2H2,1H3. The summed E-state index contributed by atoms with van der Waals surface area (Å²) >= 11 is 0. The van der Waals surface area contributed by atoms with Gasteiger partial charge in [0.15, 0.2) is 0 Å². The fourth-order valence-corrected chi connectivity index (χ4v) is 0.661. The van der Waals surface area contributed by atoms with E-state index in [1.807, 2.05) is 34.4 Å². The Hall–Kier alpha value is -0.620. The Morgan fingerprint density at radius 3 is 1.71 bits per heavy atom. The van der Waals surface area contributed by atoms with Crippen LogP contribution in [0.5, 0.6) is 0 Å². The maximum atomic E-state index is 10.9. The minimum Gasteiger partial charge on any atom is -0.314 e. The largest absolute Gasteiger partial charge is 0.314 e. The summed E-state index contributed by atoms with van der Waals surface area (Å²) in [4.78, 5) is 12.4. The zero-order valence-electron chi connectivity index (χ0n) is 10.1. The molecule has 0 saturated carbocycles. The van der Waals surface area contributed by atoms with E-state index in [1.165, 1.54) is 17.2 Å². The van der Waals surface area contributed by atoms with Gasteiger partial charge in [0.2, 0.25) is 5.91 Å². The average molecular weight is 217 g/mol. The van der Waals surface area contributed by atoms with E-state index in [4.69, 9.17) is 0 Å². The topological polar surface area (TPSA) is 20.3 Å². The molecule has 0 aliphatic heterocycles. The Morgan fingerprint density at radius 1 is 1.29 bits per heavy atom. The molecular weight excluding hydrogens is 193 g/mol. The van der Waals surface area contributed by atoms with Crippen LogP contribution < -0.4 is 0 Å². The highest BCUT2D eigenvalue weighted by atomic mass is 31.0. The van der Waals surface area contributed by atoms with E-state index in [2.05, 4.69) is 22.4 Å². The molecule has 0 radical (unpaired) electrons. The van der Waals surface area contributed by atoms with Crippen molar-refractivity contribution in [1.29, 1.82) is 0 Å². The van der Waals surface area contributed by atoms with Gasteiger partial charge in [-0.05, 0) is 19.9 Å². The molecule has 3 heteroatoms. The van der Waals surface area contributed by atoms with Crippen LogP contribution in [0, 0.1) is 0 Å². The van der Waals surface area contributed by atoms with Gasteiger partial charge >= 0.3 is 0 Å². The summed E-state index contributed by atoms with van der Waals surface area (Å²) in [5.41, 5.74) is 0. The molecule has 0 aliphatic rings. The van der Waals surface area contributed by atoms with Crippen molar-refractivity contribution in [3.05, 3.63) is 25.4 Å². The molecule has 1 atom stereocenters. The number of rotatable bonds is 3. The SMILES string of the molecule is C=CC(=O)N(C=C)C(C)C.CC.CP. The molecule has 0 aromatic heterocycles. The highest BCUT2D eigenvalue weighted by Gasteiger charge is 2.08. The number of amides is 1. The normalized spacial score (nSPS) is 7.36. The summed E-state index contributed by atoms with van der Waals surface area (Å²) in [6, 6.07) is 0.156. The smallest absolute Gasteiger partial charge is 0.250 e. The van der Waals surface area contributed by atoms with Crippen molar-refractivity contribution in [2.24, 2.45) is 0 Å². The molecule has 0 aromatic rings. The van der Waals surface area contributed by atoms with Crippen LogP contribution in [0.3, 0.4) is 0 Å². The van der Waals surface area contributed by atoms with Crippen LogP contribution in [0.2, 0.25) is 0 Å². The van der Waals surface area contributed by atoms with Crippen molar-refractivity contribution in [3.63, 3.8) is 0 Å². The van der Waals surface area contributed by atoms with Gasteiger partial charge in [0.25, 0.3) is 0 Å². The van der Waals surface area contributed by atoms with E-state index in [0.717, 1.165) is 0 Å². The maximum Gasteiger partial charge on any atom is 0.250 e. The molecule has 0 rings (SSSR count). The van der Waals surface area contributed by atoms with Gasteiger partial charge in [-0.25, -0.2) is 0 Å². The summed E-state index contributed by atoms with van der Waals surface area (Å²) in [5.74, 6) is -0.106. The van der Waals surface area contributed by atoms with Crippen molar-refractivity contribution >= 4 is 15.1 Å². The Bertz CT molecular complexity index is 155. The van der Waals surface area contributed by atoms with Crippen LogP contribution in [0.15, 0.2) is 25.4 Å². The van der Waals surface area contributed by atoms with E-state index in [0.29, 0.717) is 0 Å². The van der Waals surface area contributed by atoms with E-state index in [-0.39, 0.29) is 11.9 Å². The Kier molecular flexibility index (Phi) is 20.2. The van der Waals surface area contributed by atoms with Gasteiger partial charge in [-0.3, -0.25) is 4.79 Å². The second-order valence-electron chi connectivity index (χ2n) is 2.23. The van der Waals surface area contributed by atoms with Gasteiger partial charge in [-0.15, -0.1) is 9.24 Å². The van der Waals surface area contributed by atoms with Crippen molar-refractivity contribution in [1.82, 2.24) is 4.90 Å². The average Bonchev–Trinajstić information content (AvgIpc) is 2.24. The molecule has 0 aromatic carbocycles. The first kappa shape index (κ1) is 19.0. The molecule has 0 spiro atoms. The van der Waals surface area contributed by atoms with Crippen molar-refractivity contribution in [2.45, 2.75) is 33.7 Å². The fourth-order valence-electron chi connectivity index (χ4n) is 0.661. The van der Waals surface area contributed by atoms with Crippen molar-refractivity contribution < 1.29 is 4.79 Å². The van der Waals surface area contributed by atoms with Gasteiger partial charge in [0.05, 0.1) is 0 Å². The summed E-state index contributed by atoms with van der Waals surface area (Å²) in [5, 5.41) is 0. The molecule has 0 aliphatic carbocycles. The molecule has 14 heavy (non-hydrogen) atoms. The van der Waals surface area contributed by atoms with Gasteiger partial charge < -0.3 is 4.90 Å². The van der Waals surface area contributed by atoms with Gasteiger partial charge in [-0.1, -0.05) is 33.7 Å². The van der Waals surface area contributed by atoms with Crippen LogP contribution >= 0.6 is 9.24 Å². The number of hydrogen-bond donors (Lipinski definition) is 0. The van der Waals surface area contributed by atoms with Gasteiger partial charge in [-0.2, -0.15) is 0 Å². The quantitative estimate of drug-likeness (QED) is 0.525. The predicted octanol–water partition coefficient (Wildman–Crippen LogP) is 3.07. The Labute approximate surface area is 91.3 Å². The van der Waals surface area contributed by atoms with Crippen molar-refractivity contribution in [2.75, 3.05) is 6.66 Å². The summed E-state index contributed by atoms with van der Waals surface area (Å²) in [6.07, 6.45) is 2.79. The van der Waals surface area contributed by atoms with E-state index < -0.39 is 0 Å². The molecule has 0 N–H and O–H groups in total. The molecule has 2 nitrogen and oxygen atoms in total. The molecule has 0 heterocycles. The molecule has 0 fully saturated rings. The highest BCUT2D eigenvalue weighted by Crippen LogP contribution is 1.98. The minimum atomic E-state index is -0.106. The first-order valence-electron chi connectivity index (χ1n) is 4.78. The third kappa shape index (κ3) is 9.47. The van der Waals surface area contributed by atoms with E-state index in [1.54, 1.807) is 0 Å². The van der Waals surface area contributed by atoms with Gasteiger partial charge in [0.1, 0.15) is 0 Å². The van der Waals surface area contributed by atoms with Crippen LogP contribution in [0.1, 0.15) is 27.7 Å². The third-order valence-corrected chi connectivity index (χ3v) is 1.18. The lowest BCUT2D eigenvalue weighted by atomic mass is 10.3. The van der Waals surface area contributed by atoms with Crippen LogP contribution in [-0.2, 0) is 4.79 Å². The first-order chi connectivity index (χ1) is 6.63.